The molecule has 0 N–H and O–H groups in total. The number of unbranched alkanes of at least 4 members (excludes halogenated alkanes) is 8. The van der Waals surface area contributed by atoms with Gasteiger partial charge < -0.3 is 9.47 Å². The molecule has 0 spiro atoms. The van der Waals surface area contributed by atoms with Crippen molar-refractivity contribution < 1.29 is 14.3 Å². The third-order valence-electron chi connectivity index (χ3n) is 5.67. The standard InChI is InChI=1S/C28H40O3/c1-4-6-7-8-9-10-11-12-13-14-28(29)31-23(3)24-15-17-25(18-16-24)26-19-21-27(22-20-26)30-5-2/h15-23H,4-14H2,1-3H3. The van der Waals surface area contributed by atoms with Crippen LogP contribution in [0.2, 0.25) is 0 Å². The van der Waals surface area contributed by atoms with Gasteiger partial charge in [-0.3, -0.25) is 4.79 Å². The smallest absolute Gasteiger partial charge is 0.306 e. The van der Waals surface area contributed by atoms with Crippen LogP contribution in [0.5, 0.6) is 5.75 Å². The van der Waals surface area contributed by atoms with Gasteiger partial charge in [0.15, 0.2) is 0 Å². The van der Waals surface area contributed by atoms with Gasteiger partial charge in [-0.05, 0) is 49.1 Å². The maximum absolute atomic E-state index is 12.2. The zero-order valence-electron chi connectivity index (χ0n) is 19.7. The zero-order valence-corrected chi connectivity index (χ0v) is 19.7. The first-order valence-corrected chi connectivity index (χ1v) is 12.2. The highest BCUT2D eigenvalue weighted by molar-refractivity contribution is 5.69. The summed E-state index contributed by atoms with van der Waals surface area (Å²) in [6, 6.07) is 16.4. The molecule has 0 aromatic heterocycles. The Morgan fingerprint density at radius 1 is 0.742 bits per heavy atom. The van der Waals surface area contributed by atoms with Gasteiger partial charge in [-0.25, -0.2) is 0 Å². The lowest BCUT2D eigenvalue weighted by Crippen LogP contribution is -2.08. The Kier molecular flexibility index (Phi) is 11.8. The van der Waals surface area contributed by atoms with Crippen molar-refractivity contribution in [3.05, 3.63) is 54.1 Å². The second-order valence-corrected chi connectivity index (χ2v) is 8.29. The molecule has 0 radical (unpaired) electrons. The van der Waals surface area contributed by atoms with Crippen LogP contribution in [0.1, 0.15) is 96.6 Å². The molecule has 3 heteroatoms. The Bertz CT molecular complexity index is 734. The van der Waals surface area contributed by atoms with E-state index in [1.165, 1.54) is 44.9 Å². The fourth-order valence-electron chi connectivity index (χ4n) is 3.76. The molecule has 2 rings (SSSR count). The number of benzene rings is 2. The van der Waals surface area contributed by atoms with Gasteiger partial charge >= 0.3 is 5.97 Å². The van der Waals surface area contributed by atoms with Gasteiger partial charge in [-0.2, -0.15) is 0 Å². The van der Waals surface area contributed by atoms with Crippen molar-refractivity contribution in [3.63, 3.8) is 0 Å². The molecular weight excluding hydrogens is 384 g/mol. The molecule has 170 valence electrons. The summed E-state index contributed by atoms with van der Waals surface area (Å²) in [5.74, 6) is 0.793. The molecule has 3 nitrogen and oxygen atoms in total. The van der Waals surface area contributed by atoms with Gasteiger partial charge in [0.25, 0.3) is 0 Å². The van der Waals surface area contributed by atoms with Gasteiger partial charge in [-0.15, -0.1) is 0 Å². The van der Waals surface area contributed by atoms with E-state index in [9.17, 15) is 4.79 Å². The lowest BCUT2D eigenvalue weighted by molar-refractivity contribution is -0.148. The molecular formula is C28H40O3. The monoisotopic (exact) mass is 424 g/mol. The van der Waals surface area contributed by atoms with Crippen molar-refractivity contribution in [2.45, 2.75) is 91.1 Å². The third-order valence-corrected chi connectivity index (χ3v) is 5.67. The van der Waals surface area contributed by atoms with Crippen molar-refractivity contribution >= 4 is 5.97 Å². The summed E-state index contributed by atoms with van der Waals surface area (Å²) >= 11 is 0. The van der Waals surface area contributed by atoms with Crippen molar-refractivity contribution in [2.24, 2.45) is 0 Å². The Morgan fingerprint density at radius 3 is 1.81 bits per heavy atom. The lowest BCUT2D eigenvalue weighted by atomic mass is 10.0. The van der Waals surface area contributed by atoms with E-state index in [0.29, 0.717) is 13.0 Å². The third kappa shape index (κ3) is 9.59. The number of carbonyl (C=O) groups excluding carboxylic acids is 1. The number of ether oxygens (including phenoxy) is 2. The quantitative estimate of drug-likeness (QED) is 0.213. The topological polar surface area (TPSA) is 35.5 Å². The summed E-state index contributed by atoms with van der Waals surface area (Å²) in [6.07, 6.45) is 11.6. The summed E-state index contributed by atoms with van der Waals surface area (Å²) < 4.78 is 11.1. The molecule has 0 saturated carbocycles. The normalized spacial score (nSPS) is 11.8. The lowest BCUT2D eigenvalue weighted by Gasteiger charge is -2.14. The van der Waals surface area contributed by atoms with E-state index in [2.05, 4.69) is 31.2 Å². The van der Waals surface area contributed by atoms with E-state index in [4.69, 9.17) is 9.47 Å². The fraction of sp³-hybridized carbons (Fsp3) is 0.536. The molecule has 2 aromatic carbocycles. The van der Waals surface area contributed by atoms with E-state index in [1.54, 1.807) is 0 Å². The van der Waals surface area contributed by atoms with E-state index in [1.807, 2.05) is 38.1 Å². The van der Waals surface area contributed by atoms with Gasteiger partial charge in [0.05, 0.1) is 6.61 Å². The van der Waals surface area contributed by atoms with E-state index >= 15 is 0 Å². The summed E-state index contributed by atoms with van der Waals surface area (Å²) in [5.41, 5.74) is 3.31. The first kappa shape index (κ1) is 25.0. The molecule has 0 fully saturated rings. The van der Waals surface area contributed by atoms with Gasteiger partial charge in [-0.1, -0.05) is 94.7 Å². The maximum Gasteiger partial charge on any atom is 0.306 e. The highest BCUT2D eigenvalue weighted by atomic mass is 16.5. The SMILES string of the molecule is CCCCCCCCCCCC(=O)OC(C)c1ccc(-c2ccc(OCC)cc2)cc1. The average molecular weight is 425 g/mol. The van der Waals surface area contributed by atoms with Crippen LogP contribution < -0.4 is 4.74 Å². The van der Waals surface area contributed by atoms with Gasteiger partial charge in [0.1, 0.15) is 11.9 Å². The van der Waals surface area contributed by atoms with Gasteiger partial charge in [0.2, 0.25) is 0 Å². The molecule has 1 atom stereocenters. The molecule has 0 aliphatic rings. The van der Waals surface area contributed by atoms with Crippen LogP contribution in [0.15, 0.2) is 48.5 Å². The van der Waals surface area contributed by atoms with E-state index in [0.717, 1.165) is 35.3 Å². The first-order chi connectivity index (χ1) is 15.1. The first-order valence-electron chi connectivity index (χ1n) is 12.2. The largest absolute Gasteiger partial charge is 0.494 e. The number of hydrogen-bond donors (Lipinski definition) is 0. The highest BCUT2D eigenvalue weighted by Crippen LogP contribution is 2.25. The molecule has 2 aromatic rings. The number of rotatable bonds is 15. The number of hydrogen-bond acceptors (Lipinski definition) is 3. The van der Waals surface area contributed by atoms with Crippen LogP contribution >= 0.6 is 0 Å². The molecule has 0 heterocycles. The Balaban J connectivity index is 1.68. The average Bonchev–Trinajstić information content (AvgIpc) is 2.79. The van der Waals surface area contributed by atoms with Crippen molar-refractivity contribution in [1.29, 1.82) is 0 Å². The summed E-state index contributed by atoms with van der Waals surface area (Å²) in [6.45, 7) is 6.85. The van der Waals surface area contributed by atoms with Crippen molar-refractivity contribution in [1.82, 2.24) is 0 Å². The predicted molar refractivity (Wildman–Crippen MR) is 129 cm³/mol. The Hall–Kier alpha value is -2.29. The van der Waals surface area contributed by atoms with E-state index in [-0.39, 0.29) is 12.1 Å². The molecule has 31 heavy (non-hydrogen) atoms. The van der Waals surface area contributed by atoms with Crippen LogP contribution in [-0.2, 0) is 9.53 Å². The Labute approximate surface area is 189 Å². The summed E-state index contributed by atoms with van der Waals surface area (Å²) in [5, 5.41) is 0. The number of esters is 1. The Morgan fingerprint density at radius 2 is 1.26 bits per heavy atom. The van der Waals surface area contributed by atoms with Crippen LogP contribution in [-0.4, -0.2) is 12.6 Å². The minimum Gasteiger partial charge on any atom is -0.494 e. The molecule has 0 aliphatic carbocycles. The number of carbonyl (C=O) groups is 1. The molecule has 0 aliphatic heterocycles. The summed E-state index contributed by atoms with van der Waals surface area (Å²) in [4.78, 5) is 12.2. The fourth-order valence-corrected chi connectivity index (χ4v) is 3.76. The van der Waals surface area contributed by atoms with Crippen LogP contribution in [0, 0.1) is 0 Å². The van der Waals surface area contributed by atoms with Crippen LogP contribution in [0.25, 0.3) is 11.1 Å². The minimum absolute atomic E-state index is 0.0916. The second-order valence-electron chi connectivity index (χ2n) is 8.29. The minimum atomic E-state index is -0.222. The molecule has 1 unspecified atom stereocenters. The van der Waals surface area contributed by atoms with E-state index < -0.39 is 0 Å². The zero-order chi connectivity index (χ0) is 22.3. The van der Waals surface area contributed by atoms with Gasteiger partial charge in [0, 0.05) is 6.42 Å². The van der Waals surface area contributed by atoms with Crippen LogP contribution in [0.3, 0.4) is 0 Å². The predicted octanol–water partition coefficient (Wildman–Crippen LogP) is 8.28. The van der Waals surface area contributed by atoms with Crippen molar-refractivity contribution in [3.8, 4) is 16.9 Å². The maximum atomic E-state index is 12.2. The molecule has 0 amide bonds. The second kappa shape index (κ2) is 14.7. The van der Waals surface area contributed by atoms with Crippen LogP contribution in [0.4, 0.5) is 0 Å². The molecule has 0 bridgehead atoms. The summed E-state index contributed by atoms with van der Waals surface area (Å²) in [7, 11) is 0. The molecule has 0 saturated heterocycles. The highest BCUT2D eigenvalue weighted by Gasteiger charge is 2.12. The van der Waals surface area contributed by atoms with Crippen molar-refractivity contribution in [2.75, 3.05) is 6.61 Å².